The van der Waals surface area contributed by atoms with Gasteiger partial charge in [-0.2, -0.15) is 0 Å². The van der Waals surface area contributed by atoms with Gasteiger partial charge >= 0.3 is 0 Å². The number of nitrogens with two attached hydrogens (primary N) is 1. The van der Waals surface area contributed by atoms with Crippen molar-refractivity contribution in [2.75, 3.05) is 0 Å². The average molecular weight is 161 g/mol. The van der Waals surface area contributed by atoms with Crippen LogP contribution in [0.15, 0.2) is 18.2 Å². The minimum Gasteiger partial charge on any atom is -0.322 e. The van der Waals surface area contributed by atoms with Gasteiger partial charge in [-0.15, -0.1) is 0 Å². The third kappa shape index (κ3) is 1.05. The fraction of sp³-hybridized carbons (Fsp3) is 0.455. The monoisotopic (exact) mass is 161 g/mol. The average Bonchev–Trinajstić information content (AvgIpc) is 2.27. The predicted octanol–water partition coefficient (Wildman–Crippen LogP) is 2.12. The smallest absolute Gasteiger partial charge is 0.0386 e. The number of hydrogen-bond acceptors (Lipinski definition) is 1. The molecule has 1 aromatic rings. The van der Waals surface area contributed by atoms with E-state index in [-0.39, 0.29) is 5.54 Å². The lowest BCUT2D eigenvalue weighted by molar-refractivity contribution is 0.492. The van der Waals surface area contributed by atoms with Gasteiger partial charge in [-0.1, -0.05) is 23.8 Å². The molecule has 0 amide bonds. The lowest BCUT2D eigenvalue weighted by atomic mass is 9.95. The van der Waals surface area contributed by atoms with Crippen LogP contribution in [-0.2, 0) is 12.0 Å². The summed E-state index contributed by atoms with van der Waals surface area (Å²) >= 11 is 0. The third-order valence-corrected chi connectivity index (χ3v) is 2.79. The Labute approximate surface area is 73.6 Å². The van der Waals surface area contributed by atoms with Gasteiger partial charge in [0.25, 0.3) is 0 Å². The molecule has 0 aromatic heterocycles. The highest BCUT2D eigenvalue weighted by atomic mass is 14.7. The van der Waals surface area contributed by atoms with Crippen LogP contribution in [0.5, 0.6) is 0 Å². The number of rotatable bonds is 0. The van der Waals surface area contributed by atoms with E-state index in [9.17, 15) is 0 Å². The van der Waals surface area contributed by atoms with Crippen LogP contribution in [0.3, 0.4) is 0 Å². The Hall–Kier alpha value is -0.820. The summed E-state index contributed by atoms with van der Waals surface area (Å²) < 4.78 is 0. The Kier molecular flexibility index (Phi) is 1.52. The Morgan fingerprint density at radius 2 is 2.17 bits per heavy atom. The Balaban J connectivity index is 2.55. The maximum absolute atomic E-state index is 6.14. The lowest BCUT2D eigenvalue weighted by Crippen LogP contribution is -2.29. The molecule has 64 valence electrons. The first-order valence-electron chi connectivity index (χ1n) is 4.48. The SMILES string of the molecule is Cc1ccc2c(c1)CCC2(C)N. The molecule has 0 saturated carbocycles. The van der Waals surface area contributed by atoms with Crippen molar-refractivity contribution in [1.82, 2.24) is 0 Å². The van der Waals surface area contributed by atoms with Crippen LogP contribution in [0.4, 0.5) is 0 Å². The molecule has 0 heterocycles. The van der Waals surface area contributed by atoms with Gasteiger partial charge in [-0.05, 0) is 37.8 Å². The molecule has 0 fully saturated rings. The van der Waals surface area contributed by atoms with Crippen molar-refractivity contribution >= 4 is 0 Å². The molecule has 0 spiro atoms. The fourth-order valence-corrected chi connectivity index (χ4v) is 2.02. The third-order valence-electron chi connectivity index (χ3n) is 2.79. The predicted molar refractivity (Wildman–Crippen MR) is 51.0 cm³/mol. The molecule has 1 unspecified atom stereocenters. The highest BCUT2D eigenvalue weighted by Gasteiger charge is 2.29. The first-order valence-corrected chi connectivity index (χ1v) is 4.48. The minimum atomic E-state index is -0.0803. The van der Waals surface area contributed by atoms with Gasteiger partial charge in [0.15, 0.2) is 0 Å². The molecule has 1 heteroatoms. The second kappa shape index (κ2) is 2.33. The van der Waals surface area contributed by atoms with E-state index in [2.05, 4.69) is 32.0 Å². The number of benzene rings is 1. The van der Waals surface area contributed by atoms with Gasteiger partial charge in [-0.3, -0.25) is 0 Å². The highest BCUT2D eigenvalue weighted by molar-refractivity contribution is 5.40. The summed E-state index contributed by atoms with van der Waals surface area (Å²) in [6.45, 7) is 4.25. The summed E-state index contributed by atoms with van der Waals surface area (Å²) in [5.74, 6) is 0. The molecule has 0 radical (unpaired) electrons. The number of hydrogen-bond donors (Lipinski definition) is 1. The van der Waals surface area contributed by atoms with Crippen LogP contribution < -0.4 is 5.73 Å². The standard InChI is InChI=1S/C11H15N/c1-8-3-4-10-9(7-8)5-6-11(10,2)12/h3-4,7H,5-6,12H2,1-2H3. The van der Waals surface area contributed by atoms with Crippen molar-refractivity contribution in [2.45, 2.75) is 32.2 Å². The molecule has 1 aliphatic carbocycles. The summed E-state index contributed by atoms with van der Waals surface area (Å²) in [6, 6.07) is 6.58. The maximum atomic E-state index is 6.14. The van der Waals surface area contributed by atoms with Gasteiger partial charge in [0.2, 0.25) is 0 Å². The largest absolute Gasteiger partial charge is 0.322 e. The van der Waals surface area contributed by atoms with Crippen LogP contribution in [0.1, 0.15) is 30.0 Å². The minimum absolute atomic E-state index is 0.0803. The van der Waals surface area contributed by atoms with Crippen molar-refractivity contribution < 1.29 is 0 Å². The van der Waals surface area contributed by atoms with Crippen molar-refractivity contribution in [2.24, 2.45) is 5.73 Å². The molecule has 2 N–H and O–H groups in total. The maximum Gasteiger partial charge on any atom is 0.0386 e. The van der Waals surface area contributed by atoms with Crippen LogP contribution in [0.25, 0.3) is 0 Å². The summed E-state index contributed by atoms with van der Waals surface area (Å²) in [5.41, 5.74) is 10.2. The zero-order valence-corrected chi connectivity index (χ0v) is 7.72. The van der Waals surface area contributed by atoms with Gasteiger partial charge in [0, 0.05) is 5.54 Å². The van der Waals surface area contributed by atoms with Crippen LogP contribution in [-0.4, -0.2) is 0 Å². The molecule has 1 aromatic carbocycles. The van der Waals surface area contributed by atoms with Gasteiger partial charge in [0.1, 0.15) is 0 Å². The lowest BCUT2D eigenvalue weighted by Gasteiger charge is -2.18. The molecule has 1 atom stereocenters. The second-order valence-electron chi connectivity index (χ2n) is 4.08. The molecule has 1 aliphatic rings. The van der Waals surface area contributed by atoms with Crippen molar-refractivity contribution in [3.8, 4) is 0 Å². The van der Waals surface area contributed by atoms with E-state index in [0.717, 1.165) is 12.8 Å². The number of fused-ring (bicyclic) bond motifs is 1. The summed E-state index contributed by atoms with van der Waals surface area (Å²) in [4.78, 5) is 0. The molecular formula is C11H15N. The Bertz CT molecular complexity index is 313. The van der Waals surface area contributed by atoms with Gasteiger partial charge < -0.3 is 5.73 Å². The quantitative estimate of drug-likeness (QED) is 0.619. The van der Waals surface area contributed by atoms with Gasteiger partial charge in [-0.25, -0.2) is 0 Å². The van der Waals surface area contributed by atoms with Gasteiger partial charge in [0.05, 0.1) is 0 Å². The van der Waals surface area contributed by atoms with E-state index < -0.39 is 0 Å². The van der Waals surface area contributed by atoms with Crippen molar-refractivity contribution in [3.63, 3.8) is 0 Å². The van der Waals surface area contributed by atoms with Crippen LogP contribution >= 0.6 is 0 Å². The summed E-state index contributed by atoms with van der Waals surface area (Å²) in [7, 11) is 0. The Morgan fingerprint density at radius 3 is 2.92 bits per heavy atom. The summed E-state index contributed by atoms with van der Waals surface area (Å²) in [6.07, 6.45) is 2.23. The second-order valence-corrected chi connectivity index (χ2v) is 4.08. The molecule has 1 nitrogen and oxygen atoms in total. The molecule has 0 saturated heterocycles. The molecule has 0 bridgehead atoms. The fourth-order valence-electron chi connectivity index (χ4n) is 2.02. The zero-order valence-electron chi connectivity index (χ0n) is 7.72. The number of aryl methyl sites for hydroxylation is 2. The molecule has 2 rings (SSSR count). The molecule has 12 heavy (non-hydrogen) atoms. The van der Waals surface area contributed by atoms with E-state index in [1.807, 2.05) is 0 Å². The first kappa shape index (κ1) is 7.81. The van der Waals surface area contributed by atoms with Crippen LogP contribution in [0, 0.1) is 6.92 Å². The molecular weight excluding hydrogens is 146 g/mol. The zero-order chi connectivity index (χ0) is 8.77. The van der Waals surface area contributed by atoms with E-state index in [1.54, 1.807) is 0 Å². The van der Waals surface area contributed by atoms with E-state index in [0.29, 0.717) is 0 Å². The van der Waals surface area contributed by atoms with Crippen LogP contribution in [0.2, 0.25) is 0 Å². The topological polar surface area (TPSA) is 26.0 Å². The van der Waals surface area contributed by atoms with Crippen molar-refractivity contribution in [3.05, 3.63) is 34.9 Å². The molecule has 0 aliphatic heterocycles. The Morgan fingerprint density at radius 1 is 1.42 bits per heavy atom. The highest BCUT2D eigenvalue weighted by Crippen LogP contribution is 2.34. The summed E-state index contributed by atoms with van der Waals surface area (Å²) in [5, 5.41) is 0. The van der Waals surface area contributed by atoms with E-state index >= 15 is 0 Å². The van der Waals surface area contributed by atoms with E-state index in [1.165, 1.54) is 16.7 Å². The van der Waals surface area contributed by atoms with E-state index in [4.69, 9.17) is 5.73 Å². The normalized spacial score (nSPS) is 27.2. The van der Waals surface area contributed by atoms with Crippen molar-refractivity contribution in [1.29, 1.82) is 0 Å². The first-order chi connectivity index (χ1) is 5.59.